The van der Waals surface area contributed by atoms with Crippen LogP contribution in [0.5, 0.6) is 0 Å². The average Bonchev–Trinajstić information content (AvgIpc) is 3.16. The molecule has 0 radical (unpaired) electrons. The van der Waals surface area contributed by atoms with Crippen LogP contribution in [-0.2, 0) is 23.9 Å². The van der Waals surface area contributed by atoms with Crippen molar-refractivity contribution < 1.29 is 34.1 Å². The summed E-state index contributed by atoms with van der Waals surface area (Å²) in [4.78, 5) is 47.3. The molecule has 0 heterocycles. The number of amides is 2. The highest BCUT2D eigenvalue weighted by Gasteiger charge is 2.18. The van der Waals surface area contributed by atoms with Crippen LogP contribution in [-0.4, -0.2) is 59.3 Å². The molecule has 2 unspecified atom stereocenters. The van der Waals surface area contributed by atoms with Crippen molar-refractivity contribution in [3.05, 3.63) is 60.8 Å². The van der Waals surface area contributed by atoms with Crippen LogP contribution in [0.25, 0.3) is 0 Å². The summed E-state index contributed by atoms with van der Waals surface area (Å²) in [5.41, 5.74) is 0. The lowest BCUT2D eigenvalue weighted by Crippen LogP contribution is -2.47. The number of nitrogens with one attached hydrogen (secondary N) is 2. The second kappa shape index (κ2) is 39.2. The summed E-state index contributed by atoms with van der Waals surface area (Å²) in [6.07, 6.45) is 47.3. The van der Waals surface area contributed by atoms with E-state index >= 15 is 0 Å². The fourth-order valence-corrected chi connectivity index (χ4v) is 5.72. The third-order valence-corrected chi connectivity index (χ3v) is 8.98. The van der Waals surface area contributed by atoms with Gasteiger partial charge in [0.05, 0.1) is 13.2 Å². The van der Waals surface area contributed by atoms with Crippen LogP contribution in [0.2, 0.25) is 0 Å². The highest BCUT2D eigenvalue weighted by atomic mass is 16.5. The van der Waals surface area contributed by atoms with Gasteiger partial charge in [0.2, 0.25) is 11.8 Å². The molecule has 0 saturated carbocycles. The Bertz CT molecular complexity index is 1100. The molecule has 0 aliphatic carbocycles. The van der Waals surface area contributed by atoms with E-state index in [-0.39, 0.29) is 30.9 Å². The van der Waals surface area contributed by atoms with Crippen LogP contribution in [0.4, 0.5) is 0 Å². The Morgan fingerprint density at radius 3 is 1.69 bits per heavy atom. The molecular weight excluding hydrogens is 681 g/mol. The number of carbonyl (C=O) groups is 4. The van der Waals surface area contributed by atoms with Crippen LogP contribution in [0.1, 0.15) is 174 Å². The van der Waals surface area contributed by atoms with Gasteiger partial charge in [-0.25, -0.2) is 4.79 Å². The molecule has 0 aromatic carbocycles. The van der Waals surface area contributed by atoms with E-state index in [1.807, 2.05) is 6.08 Å². The summed E-state index contributed by atoms with van der Waals surface area (Å²) in [6, 6.07) is -1.39. The lowest BCUT2D eigenvalue weighted by Gasteiger charge is -2.15. The number of carbonyl (C=O) groups excluding carboxylic acids is 3. The number of esters is 1. The van der Waals surface area contributed by atoms with Crippen molar-refractivity contribution in [2.45, 2.75) is 187 Å². The molecule has 0 aromatic rings. The van der Waals surface area contributed by atoms with Crippen molar-refractivity contribution >= 4 is 23.8 Å². The van der Waals surface area contributed by atoms with Gasteiger partial charge in [-0.15, -0.1) is 0 Å². The van der Waals surface area contributed by atoms with Crippen molar-refractivity contribution in [3.8, 4) is 0 Å². The zero-order valence-corrected chi connectivity index (χ0v) is 34.0. The number of aliphatic hydroxyl groups excluding tert-OH is 1. The van der Waals surface area contributed by atoms with Crippen molar-refractivity contribution in [2.24, 2.45) is 0 Å². The average molecular weight is 757 g/mol. The Balaban J connectivity index is 3.95. The van der Waals surface area contributed by atoms with Crippen molar-refractivity contribution in [1.29, 1.82) is 0 Å². The van der Waals surface area contributed by atoms with E-state index in [1.165, 1.54) is 57.8 Å². The normalized spacial score (nSPS) is 13.1. The quantitative estimate of drug-likeness (QED) is 0.0281. The minimum atomic E-state index is -1.39. The lowest BCUT2D eigenvalue weighted by molar-refractivity contribution is -0.147. The Labute approximate surface area is 328 Å². The van der Waals surface area contributed by atoms with Crippen LogP contribution in [0.15, 0.2) is 60.8 Å². The SMILES string of the molecule is CC/C=C\C/C=C\C/C=C\C/C=C\CCCCCCCCCCCCC(=O)OC(/C=C\CCCC)CCCCCCC(=O)NCC(=O)NC(CO)C(=O)O. The molecule has 4 N–H and O–H groups in total. The fourth-order valence-electron chi connectivity index (χ4n) is 5.72. The highest BCUT2D eigenvalue weighted by molar-refractivity contribution is 5.87. The number of unbranched alkanes of at least 4 members (excludes halogenated alkanes) is 15. The van der Waals surface area contributed by atoms with Gasteiger partial charge in [0, 0.05) is 12.8 Å². The smallest absolute Gasteiger partial charge is 0.328 e. The molecule has 54 heavy (non-hydrogen) atoms. The third kappa shape index (κ3) is 35.6. The van der Waals surface area contributed by atoms with E-state index in [2.05, 4.69) is 79.2 Å². The molecule has 9 heteroatoms. The minimum absolute atomic E-state index is 0.125. The number of hydrogen-bond acceptors (Lipinski definition) is 6. The summed E-state index contributed by atoms with van der Waals surface area (Å²) < 4.78 is 5.84. The first-order valence-corrected chi connectivity index (χ1v) is 21.2. The zero-order valence-electron chi connectivity index (χ0n) is 34.0. The van der Waals surface area contributed by atoms with Crippen molar-refractivity contribution in [3.63, 3.8) is 0 Å². The zero-order chi connectivity index (χ0) is 39.7. The number of carboxylic acid groups (broad SMARTS) is 1. The molecule has 0 aliphatic rings. The molecule has 2 amide bonds. The summed E-state index contributed by atoms with van der Waals surface area (Å²) in [7, 11) is 0. The first kappa shape index (κ1) is 50.5. The van der Waals surface area contributed by atoms with E-state index in [0.717, 1.165) is 83.5 Å². The van der Waals surface area contributed by atoms with Crippen LogP contribution >= 0.6 is 0 Å². The van der Waals surface area contributed by atoms with Crippen LogP contribution in [0, 0.1) is 0 Å². The second-order valence-corrected chi connectivity index (χ2v) is 14.0. The molecule has 0 saturated heterocycles. The minimum Gasteiger partial charge on any atom is -0.480 e. The maximum Gasteiger partial charge on any atom is 0.328 e. The molecule has 0 rings (SSSR count). The van der Waals surface area contributed by atoms with E-state index < -0.39 is 24.5 Å². The molecule has 0 bridgehead atoms. The predicted octanol–water partition coefficient (Wildman–Crippen LogP) is 10.1. The summed E-state index contributed by atoms with van der Waals surface area (Å²) in [5.74, 6) is -2.42. The van der Waals surface area contributed by atoms with Gasteiger partial charge in [0.15, 0.2) is 0 Å². The van der Waals surface area contributed by atoms with Gasteiger partial charge in [0.1, 0.15) is 12.1 Å². The topological polar surface area (TPSA) is 142 Å². The number of hydrogen-bond donors (Lipinski definition) is 4. The number of rotatable bonds is 37. The molecule has 9 nitrogen and oxygen atoms in total. The van der Waals surface area contributed by atoms with Gasteiger partial charge in [-0.05, 0) is 76.7 Å². The van der Waals surface area contributed by atoms with Gasteiger partial charge in [-0.2, -0.15) is 0 Å². The maximum absolute atomic E-state index is 12.6. The Kier molecular flexibility index (Phi) is 36.7. The Morgan fingerprint density at radius 1 is 0.593 bits per heavy atom. The van der Waals surface area contributed by atoms with Crippen LogP contribution in [0.3, 0.4) is 0 Å². The Hall–Kier alpha value is -3.46. The largest absolute Gasteiger partial charge is 0.480 e. The standard InChI is InChI=1S/C45H76N2O7/c1-3-5-7-9-10-11-12-13-14-15-16-17-18-19-20-21-22-23-24-25-26-27-33-37-44(51)54-40(34-30-8-6-4-2)35-31-28-29-32-36-42(49)46-38-43(50)47-41(39-48)45(52)53/h5,7,10-11,13-14,16-17,30,34,40-41,48H,3-4,6,8-9,12,15,18-29,31-33,35-39H2,1-2H3,(H,46,49)(H,47,50)(H,52,53)/b7-5-,11-10-,14-13-,17-16-,34-30-. The number of aliphatic hydroxyl groups is 1. The first-order chi connectivity index (χ1) is 26.3. The van der Waals surface area contributed by atoms with Gasteiger partial charge in [-0.3, -0.25) is 14.4 Å². The molecule has 0 fully saturated rings. The van der Waals surface area contributed by atoms with Gasteiger partial charge < -0.3 is 25.6 Å². The number of aliphatic carboxylic acids is 1. The summed E-state index contributed by atoms with van der Waals surface area (Å²) in [6.45, 7) is 3.25. The maximum atomic E-state index is 12.6. The van der Waals surface area contributed by atoms with E-state index in [4.69, 9.17) is 14.9 Å². The van der Waals surface area contributed by atoms with E-state index in [9.17, 15) is 19.2 Å². The van der Waals surface area contributed by atoms with Gasteiger partial charge >= 0.3 is 11.9 Å². The van der Waals surface area contributed by atoms with Crippen LogP contribution < -0.4 is 10.6 Å². The monoisotopic (exact) mass is 757 g/mol. The summed E-state index contributed by atoms with van der Waals surface area (Å²) in [5, 5.41) is 22.5. The Morgan fingerprint density at radius 2 is 1.11 bits per heavy atom. The third-order valence-electron chi connectivity index (χ3n) is 8.98. The molecule has 0 spiro atoms. The first-order valence-electron chi connectivity index (χ1n) is 21.2. The van der Waals surface area contributed by atoms with Crippen molar-refractivity contribution in [1.82, 2.24) is 10.6 Å². The molecule has 0 aromatic heterocycles. The number of ether oxygens (including phenoxy) is 1. The molecule has 308 valence electrons. The van der Waals surface area contributed by atoms with Crippen molar-refractivity contribution in [2.75, 3.05) is 13.2 Å². The number of allylic oxidation sites excluding steroid dienone is 9. The van der Waals surface area contributed by atoms with E-state index in [0.29, 0.717) is 12.8 Å². The second-order valence-electron chi connectivity index (χ2n) is 14.0. The predicted molar refractivity (Wildman–Crippen MR) is 222 cm³/mol. The molecule has 0 aliphatic heterocycles. The fraction of sp³-hybridized carbons (Fsp3) is 0.689. The number of carboxylic acids is 1. The lowest BCUT2D eigenvalue weighted by atomic mass is 10.0. The van der Waals surface area contributed by atoms with Gasteiger partial charge in [0.25, 0.3) is 0 Å². The summed E-state index contributed by atoms with van der Waals surface area (Å²) >= 11 is 0. The van der Waals surface area contributed by atoms with E-state index in [1.54, 1.807) is 0 Å². The molecule has 2 atom stereocenters. The highest BCUT2D eigenvalue weighted by Crippen LogP contribution is 2.15. The molecular formula is C45H76N2O7. The van der Waals surface area contributed by atoms with Gasteiger partial charge in [-0.1, -0.05) is 146 Å².